The highest BCUT2D eigenvalue weighted by molar-refractivity contribution is 5.97. The summed E-state index contributed by atoms with van der Waals surface area (Å²) in [6.07, 6.45) is 0.355. The summed E-state index contributed by atoms with van der Waals surface area (Å²) in [5, 5.41) is 7.92. The number of hydrogen-bond donors (Lipinski definition) is 4. The van der Waals surface area contributed by atoms with Crippen molar-refractivity contribution in [2.75, 3.05) is 6.54 Å². The van der Waals surface area contributed by atoms with E-state index in [1.807, 2.05) is 42.5 Å². The maximum atomic E-state index is 12.7. The molecule has 0 aliphatic heterocycles. The monoisotopic (exact) mass is 390 g/mol. The van der Waals surface area contributed by atoms with Gasteiger partial charge in [0.25, 0.3) is 5.91 Å². The second-order valence-corrected chi connectivity index (χ2v) is 6.86. The number of carbonyl (C=O) groups excluding carboxylic acids is 2. The SMILES string of the molecule is NCC[C@H](NC(=O)c1ccc(CN)cc1)C(=O)NCc1cccc2ccccc12. The van der Waals surface area contributed by atoms with E-state index in [4.69, 9.17) is 11.5 Å². The molecule has 0 aliphatic rings. The van der Waals surface area contributed by atoms with E-state index >= 15 is 0 Å². The second kappa shape index (κ2) is 9.82. The molecule has 0 heterocycles. The fraction of sp³-hybridized carbons (Fsp3) is 0.217. The van der Waals surface area contributed by atoms with Gasteiger partial charge in [0.1, 0.15) is 6.04 Å². The lowest BCUT2D eigenvalue weighted by Gasteiger charge is -2.18. The van der Waals surface area contributed by atoms with Crippen molar-refractivity contribution in [3.63, 3.8) is 0 Å². The Hall–Kier alpha value is -3.22. The normalized spacial score (nSPS) is 11.8. The predicted molar refractivity (Wildman–Crippen MR) is 115 cm³/mol. The molecule has 1 atom stereocenters. The van der Waals surface area contributed by atoms with Crippen molar-refractivity contribution in [1.29, 1.82) is 0 Å². The van der Waals surface area contributed by atoms with Crippen LogP contribution >= 0.6 is 0 Å². The van der Waals surface area contributed by atoms with E-state index in [9.17, 15) is 9.59 Å². The van der Waals surface area contributed by atoms with Crippen LogP contribution in [-0.2, 0) is 17.9 Å². The van der Waals surface area contributed by atoms with Gasteiger partial charge in [0.15, 0.2) is 0 Å². The van der Waals surface area contributed by atoms with Crippen LogP contribution in [-0.4, -0.2) is 24.4 Å². The number of fused-ring (bicyclic) bond motifs is 1. The number of carbonyl (C=O) groups is 2. The van der Waals surface area contributed by atoms with Crippen LogP contribution in [0, 0.1) is 0 Å². The minimum Gasteiger partial charge on any atom is -0.350 e. The molecule has 0 bridgehead atoms. The minimum absolute atomic E-state index is 0.254. The average molecular weight is 390 g/mol. The topological polar surface area (TPSA) is 110 Å². The van der Waals surface area contributed by atoms with E-state index in [0.29, 0.717) is 31.6 Å². The summed E-state index contributed by atoms with van der Waals surface area (Å²) in [6, 6.07) is 20.3. The minimum atomic E-state index is -0.698. The largest absolute Gasteiger partial charge is 0.350 e. The molecule has 0 aliphatic carbocycles. The fourth-order valence-corrected chi connectivity index (χ4v) is 3.22. The van der Waals surface area contributed by atoms with Crippen LogP contribution in [0.1, 0.15) is 27.9 Å². The zero-order valence-corrected chi connectivity index (χ0v) is 16.2. The van der Waals surface area contributed by atoms with E-state index in [1.54, 1.807) is 24.3 Å². The van der Waals surface area contributed by atoms with Crippen molar-refractivity contribution in [1.82, 2.24) is 10.6 Å². The van der Waals surface area contributed by atoms with E-state index in [1.165, 1.54) is 0 Å². The van der Waals surface area contributed by atoms with Gasteiger partial charge in [-0.2, -0.15) is 0 Å². The third-order valence-corrected chi connectivity index (χ3v) is 4.86. The van der Waals surface area contributed by atoms with Crippen molar-refractivity contribution < 1.29 is 9.59 Å². The highest BCUT2D eigenvalue weighted by Crippen LogP contribution is 2.18. The molecule has 2 amide bonds. The fourth-order valence-electron chi connectivity index (χ4n) is 3.22. The Morgan fingerprint density at radius 3 is 2.34 bits per heavy atom. The van der Waals surface area contributed by atoms with Gasteiger partial charge >= 0.3 is 0 Å². The predicted octanol–water partition coefficient (Wildman–Crippen LogP) is 2.06. The molecule has 3 rings (SSSR count). The van der Waals surface area contributed by atoms with Gasteiger partial charge in [-0.05, 0) is 47.0 Å². The Kier molecular flexibility index (Phi) is 6.94. The molecule has 0 fully saturated rings. The summed E-state index contributed by atoms with van der Waals surface area (Å²) in [4.78, 5) is 25.2. The zero-order chi connectivity index (χ0) is 20.6. The lowest BCUT2D eigenvalue weighted by atomic mass is 10.0. The molecule has 150 valence electrons. The molecule has 0 aromatic heterocycles. The Morgan fingerprint density at radius 1 is 0.897 bits per heavy atom. The van der Waals surface area contributed by atoms with Crippen molar-refractivity contribution in [3.05, 3.63) is 83.4 Å². The van der Waals surface area contributed by atoms with E-state index in [2.05, 4.69) is 10.6 Å². The molecule has 29 heavy (non-hydrogen) atoms. The molecule has 0 saturated carbocycles. The van der Waals surface area contributed by atoms with Gasteiger partial charge in [0, 0.05) is 18.7 Å². The smallest absolute Gasteiger partial charge is 0.251 e. The zero-order valence-electron chi connectivity index (χ0n) is 16.2. The van der Waals surface area contributed by atoms with Crippen molar-refractivity contribution in [2.45, 2.75) is 25.6 Å². The molecular weight excluding hydrogens is 364 g/mol. The summed E-state index contributed by atoms with van der Waals surface area (Å²) in [5.41, 5.74) is 13.7. The molecule has 0 unspecified atom stereocenters. The molecule has 6 heteroatoms. The van der Waals surface area contributed by atoms with Crippen LogP contribution in [0.5, 0.6) is 0 Å². The van der Waals surface area contributed by atoms with Crippen molar-refractivity contribution in [3.8, 4) is 0 Å². The quantitative estimate of drug-likeness (QED) is 0.472. The van der Waals surface area contributed by atoms with Gasteiger partial charge in [0.2, 0.25) is 5.91 Å². The molecule has 0 radical (unpaired) electrons. The second-order valence-electron chi connectivity index (χ2n) is 6.86. The highest BCUT2D eigenvalue weighted by atomic mass is 16.2. The van der Waals surface area contributed by atoms with Crippen LogP contribution in [0.3, 0.4) is 0 Å². The first-order valence-corrected chi connectivity index (χ1v) is 9.66. The van der Waals surface area contributed by atoms with Crippen molar-refractivity contribution >= 4 is 22.6 Å². The standard InChI is InChI=1S/C23H26N4O2/c24-13-12-21(27-22(28)18-10-8-16(14-25)9-11-18)23(29)26-15-19-6-3-5-17-4-1-2-7-20(17)19/h1-11,21H,12-15,24-25H2,(H,26,29)(H,27,28)/t21-/m0/s1. The lowest BCUT2D eigenvalue weighted by molar-refractivity contribution is -0.123. The average Bonchev–Trinajstić information content (AvgIpc) is 2.77. The third-order valence-electron chi connectivity index (χ3n) is 4.86. The maximum absolute atomic E-state index is 12.7. The van der Waals surface area contributed by atoms with Crippen LogP contribution in [0.4, 0.5) is 0 Å². The molecular formula is C23H26N4O2. The van der Waals surface area contributed by atoms with Gasteiger partial charge in [-0.3, -0.25) is 9.59 Å². The molecule has 3 aromatic rings. The summed E-state index contributed by atoms with van der Waals surface area (Å²) in [7, 11) is 0. The third kappa shape index (κ3) is 5.19. The maximum Gasteiger partial charge on any atom is 0.251 e. The lowest BCUT2D eigenvalue weighted by Crippen LogP contribution is -2.47. The summed E-state index contributed by atoms with van der Waals surface area (Å²) >= 11 is 0. The van der Waals surface area contributed by atoms with Gasteiger partial charge in [-0.25, -0.2) is 0 Å². The Labute approximate surface area is 170 Å². The van der Waals surface area contributed by atoms with Crippen LogP contribution < -0.4 is 22.1 Å². The number of nitrogens with two attached hydrogens (primary N) is 2. The Bertz CT molecular complexity index is 980. The van der Waals surface area contributed by atoms with E-state index in [-0.39, 0.29) is 11.8 Å². The van der Waals surface area contributed by atoms with Gasteiger partial charge in [-0.15, -0.1) is 0 Å². The number of hydrogen-bond acceptors (Lipinski definition) is 4. The number of benzene rings is 3. The Morgan fingerprint density at radius 2 is 1.62 bits per heavy atom. The first kappa shape index (κ1) is 20.5. The molecule has 6 nitrogen and oxygen atoms in total. The molecule has 3 aromatic carbocycles. The summed E-state index contributed by atoms with van der Waals surface area (Å²) < 4.78 is 0. The van der Waals surface area contributed by atoms with Crippen LogP contribution in [0.15, 0.2) is 66.7 Å². The first-order valence-electron chi connectivity index (χ1n) is 9.66. The van der Waals surface area contributed by atoms with Crippen LogP contribution in [0.2, 0.25) is 0 Å². The molecule has 0 spiro atoms. The highest BCUT2D eigenvalue weighted by Gasteiger charge is 2.20. The van der Waals surface area contributed by atoms with E-state index in [0.717, 1.165) is 21.9 Å². The van der Waals surface area contributed by atoms with Crippen molar-refractivity contribution in [2.24, 2.45) is 11.5 Å². The summed E-state index contributed by atoms with van der Waals surface area (Å²) in [5.74, 6) is -0.567. The van der Waals surface area contributed by atoms with Gasteiger partial charge < -0.3 is 22.1 Å². The number of amides is 2. The first-order chi connectivity index (χ1) is 14.1. The van der Waals surface area contributed by atoms with Gasteiger partial charge in [0.05, 0.1) is 0 Å². The van der Waals surface area contributed by atoms with Crippen LogP contribution in [0.25, 0.3) is 10.8 Å². The molecule has 6 N–H and O–H groups in total. The van der Waals surface area contributed by atoms with Gasteiger partial charge in [-0.1, -0.05) is 54.6 Å². The Balaban J connectivity index is 1.66. The number of rotatable bonds is 8. The van der Waals surface area contributed by atoms with E-state index < -0.39 is 6.04 Å². The summed E-state index contributed by atoms with van der Waals surface area (Å²) in [6.45, 7) is 1.08. The number of nitrogens with one attached hydrogen (secondary N) is 2. The molecule has 0 saturated heterocycles.